The van der Waals surface area contributed by atoms with E-state index in [4.69, 9.17) is 9.47 Å². The van der Waals surface area contributed by atoms with E-state index in [0.717, 1.165) is 38.2 Å². The van der Waals surface area contributed by atoms with Gasteiger partial charge in [0.1, 0.15) is 11.5 Å². The Balaban J connectivity index is 1.33. The molecule has 0 unspecified atom stereocenters. The first-order chi connectivity index (χ1) is 19.4. The van der Waals surface area contributed by atoms with Crippen LogP contribution in [0.3, 0.4) is 0 Å². The minimum atomic E-state index is -2.86. The number of methoxy groups -OCH3 is 1. The molecule has 0 aromatic heterocycles. The van der Waals surface area contributed by atoms with Crippen LogP contribution < -0.4 is 20.1 Å². The van der Waals surface area contributed by atoms with Crippen molar-refractivity contribution in [1.82, 2.24) is 10.6 Å². The fourth-order valence-corrected chi connectivity index (χ4v) is 7.42. The second-order valence-electron chi connectivity index (χ2n) is 13.3. The number of alkyl halides is 2. The van der Waals surface area contributed by atoms with Gasteiger partial charge in [0.05, 0.1) is 35.7 Å². The van der Waals surface area contributed by atoms with E-state index < -0.39 is 29.8 Å². The topological polar surface area (TPSA) is 114 Å². The molecule has 2 amide bonds. The molecule has 41 heavy (non-hydrogen) atoms. The van der Waals surface area contributed by atoms with Crippen molar-refractivity contribution >= 4 is 17.8 Å². The van der Waals surface area contributed by atoms with Gasteiger partial charge in [0.2, 0.25) is 5.91 Å². The van der Waals surface area contributed by atoms with E-state index in [2.05, 4.69) is 17.6 Å². The number of amides is 2. The van der Waals surface area contributed by atoms with Gasteiger partial charge in [-0.3, -0.25) is 14.4 Å². The second kappa shape index (κ2) is 11.4. The maximum absolute atomic E-state index is 14.1. The van der Waals surface area contributed by atoms with Crippen LogP contribution in [0.4, 0.5) is 8.78 Å². The predicted octanol–water partition coefficient (Wildman–Crippen LogP) is 5.50. The van der Waals surface area contributed by atoms with Crippen molar-refractivity contribution in [3.05, 3.63) is 23.3 Å². The fourth-order valence-electron chi connectivity index (χ4n) is 7.42. The lowest BCUT2D eigenvalue weighted by Gasteiger charge is -2.39. The molecule has 0 aliphatic heterocycles. The molecule has 226 valence electrons. The van der Waals surface area contributed by atoms with Gasteiger partial charge in [0.25, 0.3) is 12.3 Å². The predicted molar refractivity (Wildman–Crippen MR) is 147 cm³/mol. The molecule has 1 aromatic rings. The van der Waals surface area contributed by atoms with E-state index >= 15 is 0 Å². The number of hydrogen-bond donors (Lipinski definition) is 3. The van der Waals surface area contributed by atoms with Crippen molar-refractivity contribution in [3.63, 3.8) is 0 Å². The van der Waals surface area contributed by atoms with Gasteiger partial charge in [0, 0.05) is 12.6 Å². The summed E-state index contributed by atoms with van der Waals surface area (Å²) in [6, 6.07) is 2.11. The molecule has 8 nitrogen and oxygen atoms in total. The molecule has 5 rings (SSSR count). The third kappa shape index (κ3) is 5.89. The van der Waals surface area contributed by atoms with Gasteiger partial charge in [-0.1, -0.05) is 13.3 Å². The van der Waals surface area contributed by atoms with Gasteiger partial charge in [-0.2, -0.15) is 0 Å². The van der Waals surface area contributed by atoms with E-state index in [1.165, 1.54) is 19.6 Å². The molecule has 4 fully saturated rings. The number of rotatable bonds is 10. The number of carbonyl (C=O) groups is 3. The normalized spacial score (nSPS) is 31.8. The van der Waals surface area contributed by atoms with Gasteiger partial charge in [-0.25, -0.2) is 8.78 Å². The SMILES string of the molecule is COc1cc(C(F)F)c(O[C@H]2CC[C@@](C)(C(=O)O)CC2)cc1C(=O)N[C@@H]1[C@H]2CC[C@H](C2)[C@@H]1C(=O)NCC1(C)CCC1. The number of carbonyl (C=O) groups excluding carboxylic acids is 2. The Kier molecular flexibility index (Phi) is 8.23. The Morgan fingerprint density at radius 1 is 1.02 bits per heavy atom. The first-order valence-electron chi connectivity index (χ1n) is 14.9. The Morgan fingerprint density at radius 3 is 2.29 bits per heavy atom. The average Bonchev–Trinajstić information content (AvgIpc) is 3.53. The lowest BCUT2D eigenvalue weighted by Crippen LogP contribution is -2.51. The summed E-state index contributed by atoms with van der Waals surface area (Å²) >= 11 is 0. The molecule has 4 aliphatic rings. The zero-order valence-electron chi connectivity index (χ0n) is 24.1. The molecular weight excluding hydrogens is 534 g/mol. The summed E-state index contributed by atoms with van der Waals surface area (Å²) in [7, 11) is 1.32. The van der Waals surface area contributed by atoms with Crippen molar-refractivity contribution < 1.29 is 37.7 Å². The number of carboxylic acid groups (broad SMARTS) is 1. The number of fused-ring (bicyclic) bond motifs is 2. The van der Waals surface area contributed by atoms with Crippen LogP contribution in [0.5, 0.6) is 11.5 Å². The number of benzene rings is 1. The first-order valence-corrected chi connectivity index (χ1v) is 14.9. The summed E-state index contributed by atoms with van der Waals surface area (Å²) in [6.07, 6.45) is 4.39. The molecule has 0 heterocycles. The zero-order chi connectivity index (χ0) is 29.5. The maximum Gasteiger partial charge on any atom is 0.309 e. The zero-order valence-corrected chi connectivity index (χ0v) is 24.1. The lowest BCUT2D eigenvalue weighted by molar-refractivity contribution is -0.150. The van der Waals surface area contributed by atoms with Crippen LogP contribution in [-0.2, 0) is 9.59 Å². The molecule has 0 radical (unpaired) electrons. The monoisotopic (exact) mass is 576 g/mol. The smallest absolute Gasteiger partial charge is 0.309 e. The minimum absolute atomic E-state index is 0.00862. The highest BCUT2D eigenvalue weighted by molar-refractivity contribution is 5.98. The molecule has 4 atom stereocenters. The van der Waals surface area contributed by atoms with Crippen LogP contribution in [0.15, 0.2) is 12.1 Å². The first kappa shape index (κ1) is 29.6. The molecule has 3 N–H and O–H groups in total. The lowest BCUT2D eigenvalue weighted by atomic mass is 9.70. The number of nitrogens with one attached hydrogen (secondary N) is 2. The fraction of sp³-hybridized carbons (Fsp3) is 0.710. The molecule has 0 saturated heterocycles. The summed E-state index contributed by atoms with van der Waals surface area (Å²) in [6.45, 7) is 4.50. The Labute approximate surface area is 239 Å². The van der Waals surface area contributed by atoms with Gasteiger partial charge in [-0.05, 0) is 94.1 Å². The molecule has 0 spiro atoms. The quantitative estimate of drug-likeness (QED) is 0.339. The number of hydrogen-bond acceptors (Lipinski definition) is 5. The highest BCUT2D eigenvalue weighted by atomic mass is 19.3. The van der Waals surface area contributed by atoms with Gasteiger partial charge in [-0.15, -0.1) is 0 Å². The highest BCUT2D eigenvalue weighted by Gasteiger charge is 2.52. The van der Waals surface area contributed by atoms with Crippen molar-refractivity contribution in [3.8, 4) is 11.5 Å². The van der Waals surface area contributed by atoms with Gasteiger partial charge < -0.3 is 25.2 Å². The third-order valence-corrected chi connectivity index (χ3v) is 10.4. The summed E-state index contributed by atoms with van der Waals surface area (Å²) < 4.78 is 39.5. The van der Waals surface area contributed by atoms with E-state index in [9.17, 15) is 28.3 Å². The second-order valence-corrected chi connectivity index (χ2v) is 13.3. The van der Waals surface area contributed by atoms with Crippen LogP contribution >= 0.6 is 0 Å². The number of halogens is 2. The Morgan fingerprint density at radius 2 is 1.71 bits per heavy atom. The molecular formula is C31H42F2N2O6. The largest absolute Gasteiger partial charge is 0.496 e. The maximum atomic E-state index is 14.1. The van der Waals surface area contributed by atoms with Crippen molar-refractivity contribution in [2.24, 2.45) is 28.6 Å². The molecule has 4 saturated carbocycles. The number of aliphatic carboxylic acids is 1. The van der Waals surface area contributed by atoms with E-state index in [1.807, 2.05) is 0 Å². The van der Waals surface area contributed by atoms with Gasteiger partial charge >= 0.3 is 5.97 Å². The van der Waals surface area contributed by atoms with Crippen LogP contribution in [0, 0.1) is 28.6 Å². The molecule has 4 aliphatic carbocycles. The molecule has 10 heteroatoms. The van der Waals surface area contributed by atoms with Crippen LogP contribution in [0.2, 0.25) is 0 Å². The molecule has 1 aromatic carbocycles. The standard InChI is InChI=1S/C31H42F2N2O6/c1-30(9-4-10-30)16-34-28(37)24-17-5-6-18(13-17)25(24)35-27(36)21-15-23(20(26(32)33)14-22(21)40-3)41-19-7-11-31(2,12-8-19)29(38)39/h14-15,17-19,24-26H,4-13,16H2,1-3H3,(H,34,37)(H,35,36)(H,38,39)/t17-,18+,19-,24+,25-,31+/m1/s1. The Bertz CT molecular complexity index is 1180. The van der Waals surface area contributed by atoms with E-state index in [0.29, 0.717) is 32.2 Å². The number of ether oxygens (including phenoxy) is 2. The van der Waals surface area contributed by atoms with Crippen molar-refractivity contribution in [2.75, 3.05) is 13.7 Å². The average molecular weight is 577 g/mol. The van der Waals surface area contributed by atoms with Crippen LogP contribution in [0.1, 0.15) is 100 Å². The van der Waals surface area contributed by atoms with Crippen molar-refractivity contribution in [2.45, 2.75) is 96.6 Å². The summed E-state index contributed by atoms with van der Waals surface area (Å²) in [5, 5.41) is 15.7. The van der Waals surface area contributed by atoms with Crippen LogP contribution in [-0.4, -0.2) is 48.7 Å². The van der Waals surface area contributed by atoms with Crippen molar-refractivity contribution in [1.29, 1.82) is 0 Å². The van der Waals surface area contributed by atoms with Crippen LogP contribution in [0.25, 0.3) is 0 Å². The minimum Gasteiger partial charge on any atom is -0.496 e. The highest BCUT2D eigenvalue weighted by Crippen LogP contribution is 2.49. The third-order valence-electron chi connectivity index (χ3n) is 10.4. The number of carboxylic acids is 1. The van der Waals surface area contributed by atoms with E-state index in [-0.39, 0.29) is 57.7 Å². The summed E-state index contributed by atoms with van der Waals surface area (Å²) in [5.41, 5.74) is -1.03. The molecule has 2 bridgehead atoms. The summed E-state index contributed by atoms with van der Waals surface area (Å²) in [5.74, 6) is -1.41. The summed E-state index contributed by atoms with van der Waals surface area (Å²) in [4.78, 5) is 38.6. The van der Waals surface area contributed by atoms with Gasteiger partial charge in [0.15, 0.2) is 0 Å². The van der Waals surface area contributed by atoms with E-state index in [1.54, 1.807) is 6.92 Å². The Hall–Kier alpha value is -2.91.